The lowest BCUT2D eigenvalue weighted by atomic mass is 10.2. The van der Waals surface area contributed by atoms with E-state index in [1.807, 2.05) is 0 Å². The summed E-state index contributed by atoms with van der Waals surface area (Å²) in [6.07, 6.45) is 0. The normalized spacial score (nSPS) is 11.7. The molecule has 1 rings (SSSR count). The van der Waals surface area contributed by atoms with E-state index in [0.29, 0.717) is 11.3 Å². The topological polar surface area (TPSA) is 73.6 Å². The second-order valence-corrected chi connectivity index (χ2v) is 3.91. The van der Waals surface area contributed by atoms with Gasteiger partial charge >= 0.3 is 6.61 Å². The number of amides is 1. The van der Waals surface area contributed by atoms with Gasteiger partial charge in [0, 0.05) is 18.9 Å². The summed E-state index contributed by atoms with van der Waals surface area (Å²) >= 11 is 0. The summed E-state index contributed by atoms with van der Waals surface area (Å²) in [5.74, 6) is -0.457. The largest absolute Gasteiger partial charge is 0.434 e. The van der Waals surface area contributed by atoms with Gasteiger partial charge < -0.3 is 20.5 Å². The monoisotopic (exact) mass is 310 g/mol. The summed E-state index contributed by atoms with van der Waals surface area (Å²) in [5.41, 5.74) is 6.41. The summed E-state index contributed by atoms with van der Waals surface area (Å²) in [5, 5.41) is 2.50. The lowest BCUT2D eigenvalue weighted by Crippen LogP contribution is -2.39. The van der Waals surface area contributed by atoms with Crippen LogP contribution in [-0.2, 0) is 9.53 Å². The minimum atomic E-state index is -2.92. The molecule has 0 heterocycles. The molecule has 0 aliphatic heterocycles. The Morgan fingerprint density at radius 3 is 2.65 bits per heavy atom. The van der Waals surface area contributed by atoms with Gasteiger partial charge in [-0.05, 0) is 18.6 Å². The smallest absolute Gasteiger partial charge is 0.387 e. The highest BCUT2D eigenvalue weighted by atomic mass is 35.5. The van der Waals surface area contributed by atoms with Crippen LogP contribution in [0.3, 0.4) is 0 Å². The molecule has 1 amide bonds. The number of aryl methyl sites for hydroxylation is 1. The fourth-order valence-electron chi connectivity index (χ4n) is 1.39. The Balaban J connectivity index is 0.00000361. The maximum absolute atomic E-state index is 12.2. The standard InChI is InChI=1S/C12H16F2N2O3.ClH/c1-7-3-4-8(5-10(7)19-12(13)14)16-11(17)9(15)6-18-2;/h3-5,9,12H,6,15H2,1-2H3,(H,16,17);1H. The molecular weight excluding hydrogens is 294 g/mol. The molecule has 3 N–H and O–H groups in total. The Kier molecular flexibility index (Phi) is 8.05. The third-order valence-electron chi connectivity index (χ3n) is 2.35. The first-order chi connectivity index (χ1) is 8.93. The van der Waals surface area contributed by atoms with Gasteiger partial charge in [-0.1, -0.05) is 6.07 Å². The molecule has 0 aliphatic rings. The van der Waals surface area contributed by atoms with E-state index >= 15 is 0 Å². The fourth-order valence-corrected chi connectivity index (χ4v) is 1.39. The average Bonchev–Trinajstić information content (AvgIpc) is 2.33. The maximum Gasteiger partial charge on any atom is 0.387 e. The highest BCUT2D eigenvalue weighted by molar-refractivity contribution is 5.95. The summed E-state index contributed by atoms with van der Waals surface area (Å²) in [4.78, 5) is 11.6. The number of nitrogens with one attached hydrogen (secondary N) is 1. The fraction of sp³-hybridized carbons (Fsp3) is 0.417. The molecule has 0 aromatic heterocycles. The van der Waals surface area contributed by atoms with Crippen LogP contribution in [-0.4, -0.2) is 32.3 Å². The van der Waals surface area contributed by atoms with Crippen LogP contribution in [0.4, 0.5) is 14.5 Å². The van der Waals surface area contributed by atoms with Gasteiger partial charge in [0.15, 0.2) is 0 Å². The molecule has 1 unspecified atom stereocenters. The number of hydrogen-bond acceptors (Lipinski definition) is 4. The molecule has 114 valence electrons. The van der Waals surface area contributed by atoms with E-state index in [4.69, 9.17) is 10.5 Å². The van der Waals surface area contributed by atoms with Crippen LogP contribution < -0.4 is 15.8 Å². The van der Waals surface area contributed by atoms with Crippen LogP contribution in [0.5, 0.6) is 5.75 Å². The predicted molar refractivity (Wildman–Crippen MR) is 73.5 cm³/mol. The molecule has 0 spiro atoms. The van der Waals surface area contributed by atoms with Gasteiger partial charge in [-0.2, -0.15) is 8.78 Å². The molecule has 1 aromatic carbocycles. The second kappa shape index (κ2) is 8.68. The number of hydrogen-bond donors (Lipinski definition) is 2. The Morgan fingerprint density at radius 2 is 2.10 bits per heavy atom. The molecule has 0 bridgehead atoms. The summed E-state index contributed by atoms with van der Waals surface area (Å²) in [6.45, 7) is -1.22. The minimum absolute atomic E-state index is 0. The number of alkyl halides is 2. The van der Waals surface area contributed by atoms with Gasteiger partial charge in [-0.15, -0.1) is 12.4 Å². The number of halogens is 3. The molecule has 1 aromatic rings. The van der Waals surface area contributed by atoms with Crippen molar-refractivity contribution < 1.29 is 23.0 Å². The van der Waals surface area contributed by atoms with Crippen molar-refractivity contribution in [3.05, 3.63) is 23.8 Å². The SMILES string of the molecule is COCC(N)C(=O)Nc1ccc(C)c(OC(F)F)c1.Cl. The van der Waals surface area contributed by atoms with Crippen LogP contribution in [0.25, 0.3) is 0 Å². The molecule has 8 heteroatoms. The average molecular weight is 311 g/mol. The van der Waals surface area contributed by atoms with Gasteiger partial charge in [-0.3, -0.25) is 4.79 Å². The number of carbonyl (C=O) groups is 1. The highest BCUT2D eigenvalue weighted by Crippen LogP contribution is 2.24. The van der Waals surface area contributed by atoms with Gasteiger partial charge in [0.25, 0.3) is 0 Å². The summed E-state index contributed by atoms with van der Waals surface area (Å²) in [7, 11) is 1.42. The molecular formula is C12H17ClF2N2O3. The Hall–Kier alpha value is -1.44. The molecule has 5 nitrogen and oxygen atoms in total. The summed E-state index contributed by atoms with van der Waals surface area (Å²) < 4.78 is 33.4. The Labute approximate surface area is 121 Å². The molecule has 0 saturated carbocycles. The molecule has 0 aliphatic carbocycles. The third kappa shape index (κ3) is 5.68. The van der Waals surface area contributed by atoms with Crippen LogP contribution in [0.15, 0.2) is 18.2 Å². The van der Waals surface area contributed by atoms with Crippen LogP contribution in [0, 0.1) is 6.92 Å². The zero-order valence-corrected chi connectivity index (χ0v) is 11.9. The Morgan fingerprint density at radius 1 is 1.45 bits per heavy atom. The first-order valence-electron chi connectivity index (χ1n) is 5.55. The predicted octanol–water partition coefficient (Wildman–Crippen LogP) is 1.93. The van der Waals surface area contributed by atoms with Crippen LogP contribution in [0.1, 0.15) is 5.56 Å². The zero-order chi connectivity index (χ0) is 14.4. The van der Waals surface area contributed by atoms with Crippen molar-refractivity contribution in [1.82, 2.24) is 0 Å². The summed E-state index contributed by atoms with van der Waals surface area (Å²) in [6, 6.07) is 3.63. The number of anilines is 1. The second-order valence-electron chi connectivity index (χ2n) is 3.91. The van der Waals surface area contributed by atoms with Crippen molar-refractivity contribution in [3.8, 4) is 5.75 Å². The van der Waals surface area contributed by atoms with Crippen molar-refractivity contribution in [3.63, 3.8) is 0 Å². The number of ether oxygens (including phenoxy) is 2. The lowest BCUT2D eigenvalue weighted by molar-refractivity contribution is -0.118. The van der Waals surface area contributed by atoms with Crippen molar-refractivity contribution in [1.29, 1.82) is 0 Å². The number of benzene rings is 1. The highest BCUT2D eigenvalue weighted by Gasteiger charge is 2.14. The lowest BCUT2D eigenvalue weighted by Gasteiger charge is -2.13. The van der Waals surface area contributed by atoms with Crippen molar-refractivity contribution in [2.24, 2.45) is 5.73 Å². The van der Waals surface area contributed by atoms with E-state index in [0.717, 1.165) is 0 Å². The van der Waals surface area contributed by atoms with Crippen molar-refractivity contribution in [2.45, 2.75) is 19.6 Å². The molecule has 20 heavy (non-hydrogen) atoms. The Bertz CT molecular complexity index is 447. The van der Waals surface area contributed by atoms with E-state index in [-0.39, 0.29) is 24.8 Å². The number of rotatable bonds is 6. The molecule has 0 saturated heterocycles. The van der Waals surface area contributed by atoms with Crippen LogP contribution >= 0.6 is 12.4 Å². The van der Waals surface area contributed by atoms with E-state index in [1.165, 1.54) is 13.2 Å². The molecule has 0 radical (unpaired) electrons. The number of nitrogens with two attached hydrogens (primary N) is 1. The number of carbonyl (C=O) groups excluding carboxylic acids is 1. The van der Waals surface area contributed by atoms with E-state index in [1.54, 1.807) is 19.1 Å². The van der Waals surface area contributed by atoms with E-state index < -0.39 is 18.6 Å². The zero-order valence-electron chi connectivity index (χ0n) is 11.1. The van der Waals surface area contributed by atoms with Gasteiger partial charge in [0.05, 0.1) is 6.61 Å². The molecule has 1 atom stereocenters. The van der Waals surface area contributed by atoms with E-state index in [9.17, 15) is 13.6 Å². The van der Waals surface area contributed by atoms with Crippen molar-refractivity contribution in [2.75, 3.05) is 19.0 Å². The maximum atomic E-state index is 12.2. The van der Waals surface area contributed by atoms with Crippen LogP contribution in [0.2, 0.25) is 0 Å². The third-order valence-corrected chi connectivity index (χ3v) is 2.35. The van der Waals surface area contributed by atoms with Gasteiger partial charge in [0.1, 0.15) is 11.8 Å². The van der Waals surface area contributed by atoms with Gasteiger partial charge in [0.2, 0.25) is 5.91 Å². The minimum Gasteiger partial charge on any atom is -0.434 e. The first-order valence-corrected chi connectivity index (χ1v) is 5.55. The van der Waals surface area contributed by atoms with E-state index in [2.05, 4.69) is 10.1 Å². The quantitative estimate of drug-likeness (QED) is 0.842. The van der Waals surface area contributed by atoms with Crippen molar-refractivity contribution >= 4 is 24.0 Å². The van der Waals surface area contributed by atoms with Gasteiger partial charge in [-0.25, -0.2) is 0 Å². The molecule has 0 fully saturated rings. The first kappa shape index (κ1) is 18.6. The number of methoxy groups -OCH3 is 1.